The summed E-state index contributed by atoms with van der Waals surface area (Å²) in [6.07, 6.45) is 3.62. The van der Waals surface area contributed by atoms with Crippen LogP contribution < -0.4 is 10.2 Å². The van der Waals surface area contributed by atoms with Gasteiger partial charge in [0.25, 0.3) is 5.91 Å². The number of hydrogen-bond acceptors (Lipinski definition) is 5. The van der Waals surface area contributed by atoms with Crippen LogP contribution in [0.2, 0.25) is 0 Å². The van der Waals surface area contributed by atoms with E-state index in [1.54, 1.807) is 6.07 Å². The van der Waals surface area contributed by atoms with Crippen molar-refractivity contribution in [2.45, 2.75) is 37.8 Å². The summed E-state index contributed by atoms with van der Waals surface area (Å²) in [7, 11) is 0. The van der Waals surface area contributed by atoms with Gasteiger partial charge in [-0.25, -0.2) is 8.78 Å². The highest BCUT2D eigenvalue weighted by Gasteiger charge is 2.37. The van der Waals surface area contributed by atoms with Crippen LogP contribution in [-0.4, -0.2) is 27.4 Å². The Hall–Kier alpha value is -3.20. The van der Waals surface area contributed by atoms with Crippen molar-refractivity contribution < 1.29 is 18.4 Å². The minimum atomic E-state index is -1.35. The highest BCUT2D eigenvalue weighted by Crippen LogP contribution is 2.32. The first kappa shape index (κ1) is 21.0. The summed E-state index contributed by atoms with van der Waals surface area (Å²) in [5, 5.41) is 8.18. The molecule has 9 heteroatoms. The predicted octanol–water partition coefficient (Wildman–Crippen LogP) is 4.26. The highest BCUT2D eigenvalue weighted by atomic mass is 32.1. The average molecular weight is 442 g/mol. The molecule has 1 N–H and O–H groups in total. The molecule has 1 atom stereocenters. The quantitative estimate of drug-likeness (QED) is 0.619. The van der Waals surface area contributed by atoms with E-state index in [0.717, 1.165) is 48.2 Å². The van der Waals surface area contributed by atoms with Crippen molar-refractivity contribution in [1.82, 2.24) is 14.9 Å². The molecule has 1 aliphatic carbocycles. The number of halogens is 2. The molecular weight excluding hydrogens is 422 g/mol. The van der Waals surface area contributed by atoms with Crippen LogP contribution in [0.3, 0.4) is 0 Å². The van der Waals surface area contributed by atoms with Crippen LogP contribution in [0, 0.1) is 11.6 Å². The molecule has 0 bridgehead atoms. The minimum absolute atomic E-state index is 0.00994. The zero-order chi connectivity index (χ0) is 21.8. The zero-order valence-electron chi connectivity index (χ0n) is 16.5. The van der Waals surface area contributed by atoms with Gasteiger partial charge in [0.2, 0.25) is 5.91 Å². The van der Waals surface area contributed by atoms with Gasteiger partial charge < -0.3 is 5.32 Å². The van der Waals surface area contributed by atoms with Crippen LogP contribution in [0.4, 0.5) is 14.5 Å². The molecule has 0 aliphatic heterocycles. The number of anilines is 1. The standard InChI is InChI=1S/C22H20F2N4O2S/c23-14-6-5-9-16(12-14)28(22(30)19-13-31-27-26-19)20(17-10-3-4-11-18(17)24)21(29)25-15-7-1-2-8-15/h3-6,9-13,15,20H,1-2,7-8H2,(H,25,29). The Balaban J connectivity index is 1.83. The molecule has 1 aliphatic rings. The second kappa shape index (κ2) is 9.30. The van der Waals surface area contributed by atoms with Crippen molar-refractivity contribution >= 4 is 29.0 Å². The Kier molecular flexibility index (Phi) is 6.31. The van der Waals surface area contributed by atoms with Crippen molar-refractivity contribution in [3.8, 4) is 0 Å². The number of benzene rings is 2. The number of carbonyl (C=O) groups is 2. The number of rotatable bonds is 6. The van der Waals surface area contributed by atoms with Crippen molar-refractivity contribution in [3.05, 3.63) is 76.8 Å². The second-order valence-corrected chi connectivity index (χ2v) is 7.97. The largest absolute Gasteiger partial charge is 0.351 e. The molecule has 1 aromatic heterocycles. The van der Waals surface area contributed by atoms with E-state index in [1.165, 1.54) is 41.8 Å². The third kappa shape index (κ3) is 4.61. The molecule has 6 nitrogen and oxygen atoms in total. The topological polar surface area (TPSA) is 75.2 Å². The number of nitrogens with zero attached hydrogens (tertiary/aromatic N) is 3. The van der Waals surface area contributed by atoms with Gasteiger partial charge in [0, 0.05) is 22.7 Å². The smallest absolute Gasteiger partial charge is 0.280 e. The average Bonchev–Trinajstić information content (AvgIpc) is 3.46. The maximum atomic E-state index is 14.9. The van der Waals surface area contributed by atoms with E-state index in [1.807, 2.05) is 0 Å². The molecule has 3 aromatic rings. The van der Waals surface area contributed by atoms with Gasteiger partial charge in [0.05, 0.1) is 0 Å². The van der Waals surface area contributed by atoms with Crippen LogP contribution in [0.5, 0.6) is 0 Å². The van der Waals surface area contributed by atoms with Gasteiger partial charge in [-0.2, -0.15) is 0 Å². The summed E-state index contributed by atoms with van der Waals surface area (Å²) < 4.78 is 32.6. The van der Waals surface area contributed by atoms with Crippen molar-refractivity contribution in [1.29, 1.82) is 0 Å². The lowest BCUT2D eigenvalue weighted by molar-refractivity contribution is -0.123. The van der Waals surface area contributed by atoms with Gasteiger partial charge in [-0.05, 0) is 48.6 Å². The van der Waals surface area contributed by atoms with E-state index in [-0.39, 0.29) is 23.0 Å². The summed E-state index contributed by atoms with van der Waals surface area (Å²) in [5.41, 5.74) is 0.121. The molecule has 1 unspecified atom stereocenters. The van der Waals surface area contributed by atoms with E-state index in [2.05, 4.69) is 14.9 Å². The lowest BCUT2D eigenvalue weighted by atomic mass is 10.0. The van der Waals surface area contributed by atoms with Crippen LogP contribution in [-0.2, 0) is 4.79 Å². The summed E-state index contributed by atoms with van der Waals surface area (Å²) in [5.74, 6) is -2.43. The van der Waals surface area contributed by atoms with E-state index < -0.39 is 29.5 Å². The first-order valence-electron chi connectivity index (χ1n) is 9.95. The number of carbonyl (C=O) groups excluding carboxylic acids is 2. The molecule has 31 heavy (non-hydrogen) atoms. The first-order valence-corrected chi connectivity index (χ1v) is 10.8. The summed E-state index contributed by atoms with van der Waals surface area (Å²) >= 11 is 0.972. The van der Waals surface area contributed by atoms with Gasteiger partial charge in [-0.3, -0.25) is 14.5 Å². The van der Waals surface area contributed by atoms with E-state index in [9.17, 15) is 18.4 Å². The molecular formula is C22H20F2N4O2S. The molecule has 2 aromatic carbocycles. The Morgan fingerprint density at radius 2 is 1.87 bits per heavy atom. The Morgan fingerprint density at radius 1 is 1.10 bits per heavy atom. The highest BCUT2D eigenvalue weighted by molar-refractivity contribution is 7.03. The molecule has 1 heterocycles. The fraction of sp³-hybridized carbons (Fsp3) is 0.273. The van der Waals surface area contributed by atoms with E-state index >= 15 is 0 Å². The zero-order valence-corrected chi connectivity index (χ0v) is 17.3. The second-order valence-electron chi connectivity index (χ2n) is 7.36. The van der Waals surface area contributed by atoms with Crippen LogP contribution in [0.15, 0.2) is 53.9 Å². The number of nitrogens with one attached hydrogen (secondary N) is 1. The summed E-state index contributed by atoms with van der Waals surface area (Å²) in [4.78, 5) is 27.9. The number of amides is 2. The lowest BCUT2D eigenvalue weighted by Crippen LogP contribution is -2.46. The SMILES string of the molecule is O=C(NC1CCCC1)C(c1ccccc1F)N(C(=O)c1csnn1)c1cccc(F)c1. The van der Waals surface area contributed by atoms with Gasteiger partial charge >= 0.3 is 0 Å². The molecule has 1 saturated carbocycles. The molecule has 160 valence electrons. The van der Waals surface area contributed by atoms with Crippen LogP contribution >= 0.6 is 11.5 Å². The monoisotopic (exact) mass is 442 g/mol. The Morgan fingerprint density at radius 3 is 2.55 bits per heavy atom. The number of hydrogen-bond donors (Lipinski definition) is 1. The van der Waals surface area contributed by atoms with E-state index in [0.29, 0.717) is 0 Å². The Bertz CT molecular complexity index is 1070. The molecule has 2 amide bonds. The summed E-state index contributed by atoms with van der Waals surface area (Å²) in [6.45, 7) is 0. The maximum Gasteiger partial charge on any atom is 0.280 e. The molecule has 0 radical (unpaired) electrons. The maximum absolute atomic E-state index is 14.9. The van der Waals surface area contributed by atoms with Crippen molar-refractivity contribution in [2.75, 3.05) is 4.90 Å². The van der Waals surface area contributed by atoms with Gasteiger partial charge in [0.1, 0.15) is 17.7 Å². The van der Waals surface area contributed by atoms with Crippen molar-refractivity contribution in [3.63, 3.8) is 0 Å². The first-order chi connectivity index (χ1) is 15.0. The third-order valence-electron chi connectivity index (χ3n) is 5.29. The predicted molar refractivity (Wildman–Crippen MR) is 113 cm³/mol. The fourth-order valence-electron chi connectivity index (χ4n) is 3.84. The van der Waals surface area contributed by atoms with Crippen LogP contribution in [0.25, 0.3) is 0 Å². The fourth-order valence-corrected chi connectivity index (χ4v) is 4.27. The van der Waals surface area contributed by atoms with Crippen LogP contribution in [0.1, 0.15) is 47.8 Å². The Labute approximate surface area is 182 Å². The summed E-state index contributed by atoms with van der Waals surface area (Å²) in [6, 6.07) is 9.66. The molecule has 4 rings (SSSR count). The lowest BCUT2D eigenvalue weighted by Gasteiger charge is -2.32. The normalized spacial score (nSPS) is 14.9. The van der Waals surface area contributed by atoms with Gasteiger partial charge in [-0.15, -0.1) is 5.10 Å². The number of aromatic nitrogens is 2. The third-order valence-corrected chi connectivity index (χ3v) is 5.80. The molecule has 0 saturated heterocycles. The van der Waals surface area contributed by atoms with Gasteiger partial charge in [-0.1, -0.05) is 41.6 Å². The molecule has 0 spiro atoms. The van der Waals surface area contributed by atoms with Gasteiger partial charge in [0.15, 0.2) is 5.69 Å². The van der Waals surface area contributed by atoms with E-state index in [4.69, 9.17) is 0 Å². The molecule has 1 fully saturated rings. The minimum Gasteiger partial charge on any atom is -0.351 e. The van der Waals surface area contributed by atoms with Crippen molar-refractivity contribution in [2.24, 2.45) is 0 Å².